The van der Waals surface area contributed by atoms with E-state index >= 15 is 0 Å². The first kappa shape index (κ1) is 48.2. The van der Waals surface area contributed by atoms with Crippen LogP contribution in [0.2, 0.25) is 0 Å². The monoisotopic (exact) mass is 643 g/mol. The Balaban J connectivity index is -0.000000740. The minimum atomic E-state index is -4.51. The molecule has 0 aliphatic heterocycles. The molecule has 0 aromatic rings. The van der Waals surface area contributed by atoms with Gasteiger partial charge in [0.25, 0.3) is 0 Å². The Morgan fingerprint density at radius 2 is 0.791 bits per heavy atom. The maximum atomic E-state index is 10.3. The Bertz CT molecular complexity index is 656. The van der Waals surface area contributed by atoms with E-state index < -0.39 is 10.4 Å². The van der Waals surface area contributed by atoms with Gasteiger partial charge in [-0.2, -0.15) is 0 Å². The van der Waals surface area contributed by atoms with Gasteiger partial charge in [-0.25, -0.2) is 8.42 Å². The summed E-state index contributed by atoms with van der Waals surface area (Å²) >= 11 is 0. The molecule has 0 saturated heterocycles. The number of hydrogen-bond donors (Lipinski definition) is 1. The SMILES string of the molecule is CC(C)CCCC(C)CCCC(C)CCCCCO.CC(C)CCCC(C)CCCC(C)CCCCCOS(=O)(=O)[O-].[Na+]. The van der Waals surface area contributed by atoms with Crippen molar-refractivity contribution in [2.24, 2.45) is 35.5 Å². The number of rotatable bonds is 28. The zero-order chi connectivity index (χ0) is 32.2. The van der Waals surface area contributed by atoms with Gasteiger partial charge < -0.3 is 9.66 Å². The summed E-state index contributed by atoms with van der Waals surface area (Å²) in [6.45, 7) is 19.1. The summed E-state index contributed by atoms with van der Waals surface area (Å²) in [5.41, 5.74) is 0. The van der Waals surface area contributed by atoms with Crippen LogP contribution in [-0.2, 0) is 14.6 Å². The molecular weight excluding hydrogens is 567 g/mol. The summed E-state index contributed by atoms with van der Waals surface area (Å²) in [5, 5.41) is 8.74. The standard InChI is InChI=1S/C18H38O4S.C18H38O.Na/c1-16(2)10-8-12-18(4)14-9-13-17(3)11-6-5-7-15-22-23(19,20)21;1-16(2)10-8-12-18(4)14-9-13-17(3)11-6-5-7-15-19;/h16-18H,5-15H2,1-4H3,(H,19,20,21);16-19H,5-15H2,1-4H3;/q;;+1/p-1. The summed E-state index contributed by atoms with van der Waals surface area (Å²) in [7, 11) is -4.51. The van der Waals surface area contributed by atoms with Crippen LogP contribution >= 0.6 is 0 Å². The van der Waals surface area contributed by atoms with Crippen LogP contribution in [0, 0.1) is 35.5 Å². The number of hydrogen-bond acceptors (Lipinski definition) is 5. The van der Waals surface area contributed by atoms with Crippen molar-refractivity contribution in [3.05, 3.63) is 0 Å². The molecule has 0 aromatic heterocycles. The topological polar surface area (TPSA) is 86.7 Å². The molecule has 0 rings (SSSR count). The summed E-state index contributed by atoms with van der Waals surface area (Å²) < 4.78 is 35.0. The van der Waals surface area contributed by atoms with Crippen molar-refractivity contribution >= 4 is 10.4 Å². The fourth-order valence-corrected chi connectivity index (χ4v) is 5.99. The van der Waals surface area contributed by atoms with Crippen LogP contribution < -0.4 is 29.6 Å². The fourth-order valence-electron chi connectivity index (χ4n) is 5.67. The molecule has 0 fully saturated rings. The Kier molecular flexibility index (Phi) is 36.7. The summed E-state index contributed by atoms with van der Waals surface area (Å²) in [6, 6.07) is 0. The zero-order valence-corrected chi connectivity index (χ0v) is 33.3. The Morgan fingerprint density at radius 1 is 0.488 bits per heavy atom. The van der Waals surface area contributed by atoms with Crippen LogP contribution in [0.25, 0.3) is 0 Å². The molecule has 0 bridgehead atoms. The molecule has 0 aromatic carbocycles. The summed E-state index contributed by atoms with van der Waals surface area (Å²) in [5.74, 6) is 5.04. The van der Waals surface area contributed by atoms with Crippen LogP contribution in [0.4, 0.5) is 0 Å². The maximum Gasteiger partial charge on any atom is 1.00 e. The third kappa shape index (κ3) is 42.8. The summed E-state index contributed by atoms with van der Waals surface area (Å²) in [4.78, 5) is 0. The Morgan fingerprint density at radius 3 is 1.09 bits per heavy atom. The van der Waals surface area contributed by atoms with Gasteiger partial charge in [-0.1, -0.05) is 171 Å². The minimum Gasteiger partial charge on any atom is -0.726 e. The van der Waals surface area contributed by atoms with Crippen LogP contribution in [0.3, 0.4) is 0 Å². The minimum absolute atomic E-state index is 0. The predicted molar refractivity (Wildman–Crippen MR) is 181 cm³/mol. The third-order valence-electron chi connectivity index (χ3n) is 8.67. The van der Waals surface area contributed by atoms with Gasteiger partial charge in [0.05, 0.1) is 6.61 Å². The van der Waals surface area contributed by atoms with Crippen LogP contribution in [0.1, 0.15) is 184 Å². The van der Waals surface area contributed by atoms with Gasteiger partial charge >= 0.3 is 29.6 Å². The Labute approximate surface area is 293 Å². The molecule has 0 saturated carbocycles. The van der Waals surface area contributed by atoms with Crippen LogP contribution in [0.15, 0.2) is 0 Å². The second-order valence-corrected chi connectivity index (χ2v) is 15.6. The van der Waals surface area contributed by atoms with Crippen molar-refractivity contribution in [3.8, 4) is 0 Å². The van der Waals surface area contributed by atoms with Gasteiger partial charge in [0.2, 0.25) is 10.4 Å². The fraction of sp³-hybridized carbons (Fsp3) is 1.00. The van der Waals surface area contributed by atoms with Crippen LogP contribution in [0.5, 0.6) is 0 Å². The van der Waals surface area contributed by atoms with Crippen molar-refractivity contribution in [3.63, 3.8) is 0 Å². The molecule has 5 nitrogen and oxygen atoms in total. The quantitative estimate of drug-likeness (QED) is 0.0403. The molecular formula is C36H75NaO5S. The maximum absolute atomic E-state index is 10.3. The first-order valence-corrected chi connectivity index (χ1v) is 19.3. The molecule has 4 unspecified atom stereocenters. The predicted octanol–water partition coefficient (Wildman–Crippen LogP) is 8.10. The Hall–Kier alpha value is 0.830. The van der Waals surface area contributed by atoms with E-state index in [9.17, 15) is 13.0 Å². The molecule has 1 N–H and O–H groups in total. The second-order valence-electron chi connectivity index (χ2n) is 14.6. The van der Waals surface area contributed by atoms with E-state index in [0.29, 0.717) is 13.0 Å². The van der Waals surface area contributed by atoms with Gasteiger partial charge in [-0.05, 0) is 48.3 Å². The van der Waals surface area contributed by atoms with E-state index in [4.69, 9.17) is 5.11 Å². The first-order valence-electron chi connectivity index (χ1n) is 18.0. The van der Waals surface area contributed by atoms with Crippen molar-refractivity contribution in [1.82, 2.24) is 0 Å². The number of unbranched alkanes of at least 4 members (excludes halogenated alkanes) is 4. The van der Waals surface area contributed by atoms with E-state index in [2.05, 4.69) is 59.6 Å². The van der Waals surface area contributed by atoms with Gasteiger partial charge in [0.15, 0.2) is 0 Å². The van der Waals surface area contributed by atoms with Gasteiger partial charge in [-0.15, -0.1) is 0 Å². The normalized spacial score (nSPS) is 14.6. The van der Waals surface area contributed by atoms with Crippen molar-refractivity contribution < 1.29 is 51.8 Å². The van der Waals surface area contributed by atoms with Gasteiger partial charge in [-0.3, -0.25) is 4.18 Å². The zero-order valence-electron chi connectivity index (χ0n) is 30.5. The average molecular weight is 643 g/mol. The molecule has 256 valence electrons. The van der Waals surface area contributed by atoms with E-state index in [1.54, 1.807) is 0 Å². The van der Waals surface area contributed by atoms with E-state index in [1.807, 2.05) is 0 Å². The van der Waals surface area contributed by atoms with E-state index in [0.717, 1.165) is 54.8 Å². The van der Waals surface area contributed by atoms with Gasteiger partial charge in [0.1, 0.15) is 0 Å². The molecule has 0 spiro atoms. The smallest absolute Gasteiger partial charge is 0.726 e. The summed E-state index contributed by atoms with van der Waals surface area (Å²) in [6.07, 6.45) is 25.1. The first-order chi connectivity index (χ1) is 19.8. The van der Waals surface area contributed by atoms with Crippen molar-refractivity contribution in [2.45, 2.75) is 184 Å². The largest absolute Gasteiger partial charge is 1.00 e. The third-order valence-corrected chi connectivity index (χ3v) is 9.12. The molecule has 0 radical (unpaired) electrons. The van der Waals surface area contributed by atoms with Crippen molar-refractivity contribution in [1.29, 1.82) is 0 Å². The number of aliphatic hydroxyl groups excluding tert-OH is 1. The molecule has 7 heteroatoms. The molecule has 0 heterocycles. The van der Waals surface area contributed by atoms with E-state index in [1.165, 1.54) is 103 Å². The van der Waals surface area contributed by atoms with Gasteiger partial charge in [0, 0.05) is 6.61 Å². The number of aliphatic hydroxyl groups is 1. The second kappa shape index (κ2) is 32.8. The van der Waals surface area contributed by atoms with E-state index in [-0.39, 0.29) is 36.2 Å². The van der Waals surface area contributed by atoms with Crippen molar-refractivity contribution in [2.75, 3.05) is 13.2 Å². The molecule has 4 atom stereocenters. The molecule has 0 aliphatic carbocycles. The molecule has 43 heavy (non-hydrogen) atoms. The van der Waals surface area contributed by atoms with Crippen LogP contribution in [-0.4, -0.2) is 31.3 Å². The average Bonchev–Trinajstić information content (AvgIpc) is 2.88. The molecule has 0 amide bonds. The molecule has 0 aliphatic rings.